The molecule has 23 heavy (non-hydrogen) atoms. The van der Waals surface area contributed by atoms with E-state index in [1.54, 1.807) is 36.5 Å². The largest absolute Gasteiger partial charge is 0.493 e. The maximum absolute atomic E-state index is 12.4. The molecule has 0 saturated heterocycles. The molecule has 1 aromatic carbocycles. The Labute approximate surface area is 132 Å². The summed E-state index contributed by atoms with van der Waals surface area (Å²) in [7, 11) is 3.06. The summed E-state index contributed by atoms with van der Waals surface area (Å²) in [5.74, 6) is 0.628. The molecule has 0 aliphatic carbocycles. The lowest BCUT2D eigenvalue weighted by atomic mass is 10.2. The second-order valence-electron chi connectivity index (χ2n) is 4.72. The second-order valence-corrected chi connectivity index (χ2v) is 4.72. The number of nitrogens with zero attached hydrogens (tertiary/aromatic N) is 1. The number of carbonyl (C=O) groups is 1. The van der Waals surface area contributed by atoms with Gasteiger partial charge in [0.2, 0.25) is 5.76 Å². The summed E-state index contributed by atoms with van der Waals surface area (Å²) in [5, 5.41) is 2.71. The number of benzene rings is 1. The van der Waals surface area contributed by atoms with Gasteiger partial charge < -0.3 is 24.9 Å². The fourth-order valence-corrected chi connectivity index (χ4v) is 2.22. The molecule has 0 aliphatic rings. The fourth-order valence-electron chi connectivity index (χ4n) is 2.22. The molecule has 7 heteroatoms. The minimum atomic E-state index is -0.465. The van der Waals surface area contributed by atoms with Crippen molar-refractivity contribution in [3.63, 3.8) is 0 Å². The maximum Gasteiger partial charge on any atom is 0.293 e. The molecule has 118 valence electrons. The van der Waals surface area contributed by atoms with Crippen LogP contribution in [0.25, 0.3) is 11.1 Å². The topological polar surface area (TPSA) is 99.6 Å². The number of hydrogen-bond donors (Lipinski definition) is 2. The van der Waals surface area contributed by atoms with Gasteiger partial charge in [-0.25, -0.2) is 0 Å². The minimum Gasteiger partial charge on any atom is -0.493 e. The molecule has 0 spiro atoms. The lowest BCUT2D eigenvalue weighted by molar-refractivity contribution is 0.1000. The number of pyridine rings is 1. The molecule has 0 fully saturated rings. The van der Waals surface area contributed by atoms with Crippen LogP contribution < -0.4 is 20.5 Å². The zero-order valence-corrected chi connectivity index (χ0v) is 12.6. The number of nitrogens with one attached hydrogen (secondary N) is 1. The van der Waals surface area contributed by atoms with Crippen molar-refractivity contribution in [3.05, 3.63) is 42.3 Å². The molecule has 3 N–H and O–H groups in total. The predicted octanol–water partition coefficient (Wildman–Crippen LogP) is 2.68. The first-order valence-electron chi connectivity index (χ1n) is 6.80. The number of ether oxygens (including phenoxy) is 2. The van der Waals surface area contributed by atoms with Crippen LogP contribution in [0.1, 0.15) is 10.6 Å². The third kappa shape index (κ3) is 2.64. The van der Waals surface area contributed by atoms with E-state index in [4.69, 9.17) is 19.6 Å². The summed E-state index contributed by atoms with van der Waals surface area (Å²) in [6.07, 6.45) is 1.59. The SMILES string of the molecule is COc1ccc(NC(=O)c2oc3cccnc3c2N)cc1OC. The summed E-state index contributed by atoms with van der Waals surface area (Å²) in [4.78, 5) is 16.5. The average molecular weight is 313 g/mol. The van der Waals surface area contributed by atoms with Gasteiger partial charge in [0.25, 0.3) is 5.91 Å². The van der Waals surface area contributed by atoms with E-state index in [2.05, 4.69) is 10.3 Å². The molecular weight excluding hydrogens is 298 g/mol. The van der Waals surface area contributed by atoms with E-state index in [0.717, 1.165) is 0 Å². The van der Waals surface area contributed by atoms with Gasteiger partial charge in [0.05, 0.1) is 14.2 Å². The quantitative estimate of drug-likeness (QED) is 0.768. The maximum atomic E-state index is 12.4. The van der Waals surface area contributed by atoms with Gasteiger partial charge in [0, 0.05) is 18.0 Å². The molecule has 0 atom stereocenters. The molecule has 3 aromatic rings. The Morgan fingerprint density at radius 2 is 2.00 bits per heavy atom. The van der Waals surface area contributed by atoms with Crippen molar-refractivity contribution in [2.24, 2.45) is 0 Å². The molecule has 1 amide bonds. The van der Waals surface area contributed by atoms with Crippen molar-refractivity contribution in [1.82, 2.24) is 4.98 Å². The Kier molecular flexibility index (Phi) is 3.76. The normalized spacial score (nSPS) is 10.5. The van der Waals surface area contributed by atoms with Gasteiger partial charge in [-0.15, -0.1) is 0 Å². The highest BCUT2D eigenvalue weighted by Crippen LogP contribution is 2.31. The predicted molar refractivity (Wildman–Crippen MR) is 85.9 cm³/mol. The van der Waals surface area contributed by atoms with E-state index in [9.17, 15) is 4.79 Å². The Bertz CT molecular complexity index is 873. The molecule has 3 rings (SSSR count). The summed E-state index contributed by atoms with van der Waals surface area (Å²) in [6, 6.07) is 8.44. The van der Waals surface area contributed by atoms with E-state index in [1.807, 2.05) is 0 Å². The summed E-state index contributed by atoms with van der Waals surface area (Å²) >= 11 is 0. The number of aromatic nitrogens is 1. The number of nitrogen functional groups attached to an aromatic ring is 1. The lowest BCUT2D eigenvalue weighted by Crippen LogP contribution is -2.12. The number of hydrogen-bond acceptors (Lipinski definition) is 6. The van der Waals surface area contributed by atoms with Crippen LogP contribution in [-0.4, -0.2) is 25.1 Å². The first-order valence-corrected chi connectivity index (χ1v) is 6.80. The van der Waals surface area contributed by atoms with Gasteiger partial charge in [0.1, 0.15) is 11.2 Å². The van der Waals surface area contributed by atoms with Crippen LogP contribution in [0, 0.1) is 0 Å². The smallest absolute Gasteiger partial charge is 0.293 e. The number of furan rings is 1. The number of carbonyl (C=O) groups excluding carboxylic acids is 1. The Balaban J connectivity index is 1.90. The van der Waals surface area contributed by atoms with E-state index < -0.39 is 5.91 Å². The van der Waals surface area contributed by atoms with E-state index in [-0.39, 0.29) is 11.4 Å². The van der Waals surface area contributed by atoms with E-state index >= 15 is 0 Å². The third-order valence-corrected chi connectivity index (χ3v) is 3.33. The standard InChI is InChI=1S/C16H15N3O4/c1-21-10-6-5-9(8-12(10)22-2)19-16(20)15-13(17)14-11(23-15)4-3-7-18-14/h3-8H,17H2,1-2H3,(H,19,20). The molecule has 2 aromatic heterocycles. The van der Waals surface area contributed by atoms with Gasteiger partial charge in [0.15, 0.2) is 17.1 Å². The molecular formula is C16H15N3O4. The number of anilines is 2. The van der Waals surface area contributed by atoms with Crippen LogP contribution in [0.4, 0.5) is 11.4 Å². The van der Waals surface area contributed by atoms with Crippen molar-refractivity contribution < 1.29 is 18.7 Å². The van der Waals surface area contributed by atoms with E-state index in [1.165, 1.54) is 14.2 Å². The summed E-state index contributed by atoms with van der Waals surface area (Å²) < 4.78 is 15.8. The van der Waals surface area contributed by atoms with Crippen molar-refractivity contribution >= 4 is 28.4 Å². The van der Waals surface area contributed by atoms with Gasteiger partial charge in [-0.3, -0.25) is 9.78 Å². The van der Waals surface area contributed by atoms with Crippen molar-refractivity contribution in [2.45, 2.75) is 0 Å². The van der Waals surface area contributed by atoms with Crippen LogP contribution in [0.15, 0.2) is 40.9 Å². The molecule has 7 nitrogen and oxygen atoms in total. The Morgan fingerprint density at radius 3 is 2.70 bits per heavy atom. The monoisotopic (exact) mass is 313 g/mol. The van der Waals surface area contributed by atoms with E-state index in [0.29, 0.717) is 28.3 Å². The van der Waals surface area contributed by atoms with Crippen LogP contribution in [0.3, 0.4) is 0 Å². The van der Waals surface area contributed by atoms with Crippen LogP contribution in [0.5, 0.6) is 11.5 Å². The van der Waals surface area contributed by atoms with Gasteiger partial charge in [-0.05, 0) is 24.3 Å². The molecule has 2 heterocycles. The molecule has 0 aliphatic heterocycles. The highest BCUT2D eigenvalue weighted by atomic mass is 16.5. The van der Waals surface area contributed by atoms with Gasteiger partial charge in [-0.1, -0.05) is 0 Å². The number of fused-ring (bicyclic) bond motifs is 1. The first-order chi connectivity index (χ1) is 11.1. The van der Waals surface area contributed by atoms with Gasteiger partial charge in [-0.2, -0.15) is 0 Å². The first kappa shape index (κ1) is 14.7. The average Bonchev–Trinajstić information content (AvgIpc) is 2.92. The molecule has 0 unspecified atom stereocenters. The minimum absolute atomic E-state index is 0.0217. The fraction of sp³-hybridized carbons (Fsp3) is 0.125. The van der Waals surface area contributed by atoms with Crippen molar-refractivity contribution in [2.75, 3.05) is 25.3 Å². The second kappa shape index (κ2) is 5.88. The van der Waals surface area contributed by atoms with Crippen LogP contribution >= 0.6 is 0 Å². The lowest BCUT2D eigenvalue weighted by Gasteiger charge is -2.10. The highest BCUT2D eigenvalue weighted by Gasteiger charge is 2.19. The van der Waals surface area contributed by atoms with Crippen molar-refractivity contribution in [3.8, 4) is 11.5 Å². The Morgan fingerprint density at radius 1 is 1.22 bits per heavy atom. The van der Waals surface area contributed by atoms with Crippen LogP contribution in [0.2, 0.25) is 0 Å². The van der Waals surface area contributed by atoms with Crippen LogP contribution in [-0.2, 0) is 0 Å². The summed E-state index contributed by atoms with van der Waals surface area (Å²) in [6.45, 7) is 0. The van der Waals surface area contributed by atoms with Gasteiger partial charge >= 0.3 is 0 Å². The van der Waals surface area contributed by atoms with Crippen molar-refractivity contribution in [1.29, 1.82) is 0 Å². The Hall–Kier alpha value is -3.22. The zero-order valence-electron chi connectivity index (χ0n) is 12.6. The number of nitrogens with two attached hydrogens (primary N) is 1. The highest BCUT2D eigenvalue weighted by molar-refractivity contribution is 6.10. The molecule has 0 radical (unpaired) electrons. The molecule has 0 saturated carbocycles. The summed E-state index contributed by atoms with van der Waals surface area (Å²) in [5.41, 5.74) is 7.59. The number of amides is 1. The third-order valence-electron chi connectivity index (χ3n) is 3.33. The number of methoxy groups -OCH3 is 2. The number of rotatable bonds is 4. The molecule has 0 bridgehead atoms. The zero-order chi connectivity index (χ0) is 16.4.